The average Bonchev–Trinajstić information content (AvgIpc) is 2.53. The minimum Gasteiger partial charge on any atom is -0.292 e. The van der Waals surface area contributed by atoms with Gasteiger partial charge in [-0.1, -0.05) is 48.5 Å². The van der Waals surface area contributed by atoms with E-state index in [1.165, 1.54) is 22.7 Å². The van der Waals surface area contributed by atoms with Crippen molar-refractivity contribution in [2.24, 2.45) is 0 Å². The first kappa shape index (κ1) is 12.8. The van der Waals surface area contributed by atoms with Crippen LogP contribution in [0.5, 0.6) is 0 Å². The third kappa shape index (κ3) is 2.83. The second-order valence-electron chi connectivity index (χ2n) is 4.41. The van der Waals surface area contributed by atoms with Gasteiger partial charge in [0.15, 0.2) is 0 Å². The number of rotatable bonds is 3. The Morgan fingerprint density at radius 1 is 0.800 bits per heavy atom. The summed E-state index contributed by atoms with van der Waals surface area (Å²) in [5.41, 5.74) is 0.667. The summed E-state index contributed by atoms with van der Waals surface area (Å²) in [6.07, 6.45) is 0. The summed E-state index contributed by atoms with van der Waals surface area (Å²) in [5.74, 6) is -0.0799. The Morgan fingerprint density at radius 3 is 2.30 bits per heavy atom. The first-order chi connectivity index (χ1) is 9.83. The molecule has 3 aromatic carbocycles. The largest absolute Gasteiger partial charge is 0.292 e. The van der Waals surface area contributed by atoms with E-state index in [1.807, 2.05) is 36.4 Å². The molecular weight excluding hydrogens is 266 g/mol. The fraction of sp³-hybridized carbons (Fsp3) is 0. The molecule has 0 fully saturated rings. The number of benzene rings is 3. The van der Waals surface area contributed by atoms with Crippen molar-refractivity contribution < 1.29 is 4.79 Å². The topological polar surface area (TPSA) is 29.1 Å². The van der Waals surface area contributed by atoms with Crippen LogP contribution in [0.2, 0.25) is 0 Å². The molecule has 1 N–H and O–H groups in total. The Bertz CT molecular complexity index is 740. The highest BCUT2D eigenvalue weighted by Gasteiger charge is 2.05. The molecule has 0 atom stereocenters. The first-order valence-electron chi connectivity index (χ1n) is 6.34. The van der Waals surface area contributed by atoms with Crippen molar-refractivity contribution in [2.75, 3.05) is 0 Å². The molecule has 3 aromatic rings. The summed E-state index contributed by atoms with van der Waals surface area (Å²) in [4.78, 5) is 13.0. The zero-order chi connectivity index (χ0) is 13.8. The SMILES string of the molecule is O=C(NSc1ccc2ccccc2c1)c1ccccc1. The first-order valence-corrected chi connectivity index (χ1v) is 7.15. The standard InChI is InChI=1S/C17H13NOS/c19-17(14-7-2-1-3-8-14)18-20-16-11-10-13-6-4-5-9-15(13)12-16/h1-12H,(H,18,19). The van der Waals surface area contributed by atoms with Crippen molar-refractivity contribution in [1.82, 2.24) is 4.72 Å². The Labute approximate surface area is 122 Å². The number of nitrogens with one attached hydrogen (secondary N) is 1. The van der Waals surface area contributed by atoms with Crippen molar-refractivity contribution in [3.63, 3.8) is 0 Å². The highest BCUT2D eigenvalue weighted by molar-refractivity contribution is 7.98. The van der Waals surface area contributed by atoms with Gasteiger partial charge in [-0.25, -0.2) is 0 Å². The third-order valence-electron chi connectivity index (χ3n) is 3.02. The lowest BCUT2D eigenvalue weighted by Crippen LogP contribution is -2.15. The Morgan fingerprint density at radius 2 is 1.50 bits per heavy atom. The van der Waals surface area contributed by atoms with Crippen LogP contribution >= 0.6 is 11.9 Å². The van der Waals surface area contributed by atoms with Gasteiger partial charge < -0.3 is 0 Å². The van der Waals surface area contributed by atoms with Gasteiger partial charge in [-0.2, -0.15) is 0 Å². The summed E-state index contributed by atoms with van der Waals surface area (Å²) < 4.78 is 2.86. The van der Waals surface area contributed by atoms with Gasteiger partial charge in [0.2, 0.25) is 0 Å². The van der Waals surface area contributed by atoms with Crippen LogP contribution in [0.15, 0.2) is 77.7 Å². The lowest BCUT2D eigenvalue weighted by atomic mass is 10.1. The van der Waals surface area contributed by atoms with Crippen LogP contribution in [0.1, 0.15) is 10.4 Å². The molecule has 20 heavy (non-hydrogen) atoms. The van der Waals surface area contributed by atoms with Gasteiger partial charge in [0.05, 0.1) is 0 Å². The van der Waals surface area contributed by atoms with Crippen LogP contribution in [-0.4, -0.2) is 5.91 Å². The molecule has 0 radical (unpaired) electrons. The maximum Gasteiger partial charge on any atom is 0.261 e. The minimum absolute atomic E-state index is 0.0799. The highest BCUT2D eigenvalue weighted by atomic mass is 32.2. The van der Waals surface area contributed by atoms with Gasteiger partial charge in [-0.15, -0.1) is 0 Å². The number of carbonyl (C=O) groups is 1. The molecule has 0 aliphatic rings. The summed E-state index contributed by atoms with van der Waals surface area (Å²) >= 11 is 1.34. The van der Waals surface area contributed by atoms with Crippen molar-refractivity contribution >= 4 is 28.6 Å². The van der Waals surface area contributed by atoms with E-state index in [0.717, 1.165) is 4.90 Å². The fourth-order valence-corrected chi connectivity index (χ4v) is 2.63. The number of amides is 1. The average molecular weight is 279 g/mol. The molecule has 0 unspecified atom stereocenters. The van der Waals surface area contributed by atoms with E-state index in [9.17, 15) is 4.79 Å². The zero-order valence-electron chi connectivity index (χ0n) is 10.7. The van der Waals surface area contributed by atoms with Gasteiger partial charge in [-0.05, 0) is 47.0 Å². The Kier molecular flexibility index (Phi) is 3.70. The normalized spacial score (nSPS) is 10.4. The molecule has 2 nitrogen and oxygen atoms in total. The van der Waals surface area contributed by atoms with Crippen LogP contribution in [0, 0.1) is 0 Å². The van der Waals surface area contributed by atoms with Gasteiger partial charge in [0.25, 0.3) is 5.91 Å². The smallest absolute Gasteiger partial charge is 0.261 e. The van der Waals surface area contributed by atoms with Crippen LogP contribution in [0.3, 0.4) is 0 Å². The van der Waals surface area contributed by atoms with Crippen molar-refractivity contribution in [1.29, 1.82) is 0 Å². The summed E-state index contributed by atoms with van der Waals surface area (Å²) in [5, 5.41) is 2.37. The maximum absolute atomic E-state index is 11.9. The number of hydrogen-bond acceptors (Lipinski definition) is 2. The van der Waals surface area contributed by atoms with E-state index < -0.39 is 0 Å². The van der Waals surface area contributed by atoms with Crippen LogP contribution in [0.4, 0.5) is 0 Å². The fourth-order valence-electron chi connectivity index (χ4n) is 1.98. The molecule has 0 aliphatic heterocycles. The van der Waals surface area contributed by atoms with Crippen molar-refractivity contribution in [3.8, 4) is 0 Å². The second kappa shape index (κ2) is 5.80. The third-order valence-corrected chi connectivity index (χ3v) is 3.80. The highest BCUT2D eigenvalue weighted by Crippen LogP contribution is 2.22. The molecule has 0 aromatic heterocycles. The molecule has 0 heterocycles. The van der Waals surface area contributed by atoms with E-state index in [4.69, 9.17) is 0 Å². The molecule has 0 saturated heterocycles. The van der Waals surface area contributed by atoms with Gasteiger partial charge in [0, 0.05) is 10.5 Å². The maximum atomic E-state index is 11.9. The predicted octanol–water partition coefficient (Wildman–Crippen LogP) is 4.28. The van der Waals surface area contributed by atoms with E-state index in [0.29, 0.717) is 5.56 Å². The lowest BCUT2D eigenvalue weighted by Gasteiger charge is -2.05. The van der Waals surface area contributed by atoms with Crippen molar-refractivity contribution in [3.05, 3.63) is 78.4 Å². The molecule has 1 amide bonds. The van der Waals surface area contributed by atoms with Gasteiger partial charge in [-0.3, -0.25) is 9.52 Å². The lowest BCUT2D eigenvalue weighted by molar-refractivity contribution is 0.0984. The molecule has 0 bridgehead atoms. The van der Waals surface area contributed by atoms with Gasteiger partial charge >= 0.3 is 0 Å². The van der Waals surface area contributed by atoms with Crippen LogP contribution in [0.25, 0.3) is 10.8 Å². The predicted molar refractivity (Wildman–Crippen MR) is 83.7 cm³/mol. The van der Waals surface area contributed by atoms with Crippen LogP contribution in [-0.2, 0) is 0 Å². The van der Waals surface area contributed by atoms with E-state index in [2.05, 4.69) is 29.0 Å². The minimum atomic E-state index is -0.0799. The monoisotopic (exact) mass is 279 g/mol. The quantitative estimate of drug-likeness (QED) is 0.725. The summed E-state index contributed by atoms with van der Waals surface area (Å²) in [7, 11) is 0. The van der Waals surface area contributed by atoms with E-state index in [-0.39, 0.29) is 5.91 Å². The molecule has 0 aliphatic carbocycles. The number of fused-ring (bicyclic) bond motifs is 1. The molecular formula is C17H13NOS. The summed E-state index contributed by atoms with van der Waals surface area (Å²) in [6.45, 7) is 0. The van der Waals surface area contributed by atoms with E-state index in [1.54, 1.807) is 12.1 Å². The molecule has 3 rings (SSSR count). The number of hydrogen-bond donors (Lipinski definition) is 1. The Balaban J connectivity index is 1.72. The van der Waals surface area contributed by atoms with Gasteiger partial charge in [0.1, 0.15) is 0 Å². The number of carbonyl (C=O) groups excluding carboxylic acids is 1. The molecule has 0 saturated carbocycles. The molecule has 3 heteroatoms. The summed E-state index contributed by atoms with van der Waals surface area (Å²) in [6, 6.07) is 23.5. The molecule has 98 valence electrons. The zero-order valence-corrected chi connectivity index (χ0v) is 11.6. The van der Waals surface area contributed by atoms with E-state index >= 15 is 0 Å². The second-order valence-corrected chi connectivity index (χ2v) is 5.29. The molecule has 0 spiro atoms. The Hall–Kier alpha value is -2.26. The van der Waals surface area contributed by atoms with Crippen molar-refractivity contribution in [2.45, 2.75) is 4.90 Å². The van der Waals surface area contributed by atoms with Crippen LogP contribution < -0.4 is 4.72 Å².